The van der Waals surface area contributed by atoms with E-state index in [1.807, 2.05) is 0 Å². The summed E-state index contributed by atoms with van der Waals surface area (Å²) in [6, 6.07) is 6.49. The van der Waals surface area contributed by atoms with Crippen LogP contribution >= 0.6 is 0 Å². The highest BCUT2D eigenvalue weighted by Crippen LogP contribution is 2.40. The van der Waals surface area contributed by atoms with Gasteiger partial charge in [0.25, 0.3) is 0 Å². The van der Waals surface area contributed by atoms with Crippen molar-refractivity contribution in [3.8, 4) is 18.0 Å². The summed E-state index contributed by atoms with van der Waals surface area (Å²) in [4.78, 5) is 3.72. The Morgan fingerprint density at radius 2 is 2.20 bits per heavy atom. The van der Waals surface area contributed by atoms with Gasteiger partial charge in [0.2, 0.25) is 12.2 Å². The van der Waals surface area contributed by atoms with E-state index in [-0.39, 0.29) is 5.96 Å². The van der Waals surface area contributed by atoms with E-state index in [1.165, 1.54) is 0 Å². The second-order valence-corrected chi connectivity index (χ2v) is 6.12. The summed E-state index contributed by atoms with van der Waals surface area (Å²) in [5.74, 6) is 0.787. The van der Waals surface area contributed by atoms with E-state index >= 15 is 0 Å². The molecule has 0 saturated carbocycles. The Morgan fingerprint density at radius 3 is 2.84 bits per heavy atom. The van der Waals surface area contributed by atoms with Crippen molar-refractivity contribution in [3.05, 3.63) is 29.3 Å². The maximum absolute atomic E-state index is 10.7. The minimum Gasteiger partial charge on any atom is -0.485 e. The molecule has 0 radical (unpaired) electrons. The monoisotopic (exact) mass is 343 g/mol. The van der Waals surface area contributed by atoms with Gasteiger partial charge in [-0.2, -0.15) is 10.5 Å². The van der Waals surface area contributed by atoms with E-state index in [9.17, 15) is 5.11 Å². The van der Waals surface area contributed by atoms with Crippen LogP contribution in [0.3, 0.4) is 0 Å². The van der Waals surface area contributed by atoms with Crippen molar-refractivity contribution in [1.29, 1.82) is 10.5 Å². The fourth-order valence-electron chi connectivity index (χ4n) is 2.62. The van der Waals surface area contributed by atoms with Crippen LogP contribution in [0.15, 0.2) is 23.2 Å². The molecule has 3 N–H and O–H groups in total. The van der Waals surface area contributed by atoms with Crippen LogP contribution in [0.25, 0.3) is 0 Å². The van der Waals surface area contributed by atoms with Gasteiger partial charge in [0.15, 0.2) is 0 Å². The Bertz CT molecular complexity index is 733. The van der Waals surface area contributed by atoms with Crippen molar-refractivity contribution >= 4 is 5.96 Å². The van der Waals surface area contributed by atoms with Crippen molar-refractivity contribution in [2.45, 2.75) is 31.6 Å². The molecule has 1 aliphatic heterocycles. The van der Waals surface area contributed by atoms with Gasteiger partial charge in [-0.15, -0.1) is 4.99 Å². The van der Waals surface area contributed by atoms with E-state index in [0.717, 1.165) is 0 Å². The summed E-state index contributed by atoms with van der Waals surface area (Å²) in [5, 5.41) is 34.8. The number of aliphatic hydroxyl groups is 1. The maximum atomic E-state index is 10.7. The third-order valence-electron chi connectivity index (χ3n) is 3.93. The van der Waals surface area contributed by atoms with Crippen molar-refractivity contribution in [1.82, 2.24) is 10.6 Å². The first-order valence-corrected chi connectivity index (χ1v) is 7.80. The lowest BCUT2D eigenvalue weighted by Gasteiger charge is -2.42. The zero-order valence-corrected chi connectivity index (χ0v) is 14.4. The van der Waals surface area contributed by atoms with Gasteiger partial charge in [0, 0.05) is 19.2 Å². The van der Waals surface area contributed by atoms with Crippen molar-refractivity contribution in [2.75, 3.05) is 20.3 Å². The van der Waals surface area contributed by atoms with Crippen LogP contribution in [0, 0.1) is 22.8 Å². The molecule has 25 heavy (non-hydrogen) atoms. The topological polar surface area (TPSA) is 123 Å². The first-order chi connectivity index (χ1) is 11.9. The summed E-state index contributed by atoms with van der Waals surface area (Å²) in [6.07, 6.45) is 0.795. The van der Waals surface area contributed by atoms with Crippen LogP contribution in [0.4, 0.5) is 0 Å². The molecule has 0 spiro atoms. The molecule has 2 rings (SSSR count). The minimum absolute atomic E-state index is 0.217. The number of nitrogens with zero attached hydrogens (tertiary/aromatic N) is 3. The van der Waals surface area contributed by atoms with Crippen LogP contribution < -0.4 is 15.4 Å². The Kier molecular flexibility index (Phi) is 5.81. The molecule has 0 amide bonds. The molecule has 1 aliphatic rings. The number of rotatable bonds is 4. The number of hydrogen-bond acceptors (Lipinski definition) is 6. The predicted molar refractivity (Wildman–Crippen MR) is 90.7 cm³/mol. The zero-order valence-electron chi connectivity index (χ0n) is 14.4. The standard InChI is InChI=1S/C17H21N5O3/c1-17(2)15(23)14(22-16(21-10-19)20-6-7-24-3)12-8-11(9-18)4-5-13(12)25-17/h4-5,8,14-15,23H,6-7H2,1-3H3,(H2,20,21,22)/t14-,15+/m0/s1. The van der Waals surface area contributed by atoms with Gasteiger partial charge in [0.1, 0.15) is 17.5 Å². The smallest absolute Gasteiger partial charge is 0.209 e. The molecule has 2 atom stereocenters. The van der Waals surface area contributed by atoms with Crippen LogP contribution in [-0.4, -0.2) is 43.0 Å². The highest BCUT2D eigenvalue weighted by atomic mass is 16.5. The number of nitrogens with one attached hydrogen (secondary N) is 2. The quantitative estimate of drug-likeness (QED) is 0.320. The highest BCUT2D eigenvalue weighted by Gasteiger charge is 2.43. The van der Waals surface area contributed by atoms with Crippen molar-refractivity contribution in [2.24, 2.45) is 4.99 Å². The molecule has 0 saturated heterocycles. The first-order valence-electron chi connectivity index (χ1n) is 7.80. The lowest BCUT2D eigenvalue weighted by molar-refractivity contribution is -0.0612. The van der Waals surface area contributed by atoms with Gasteiger partial charge < -0.3 is 25.2 Å². The number of fused-ring (bicyclic) bond motifs is 1. The lowest BCUT2D eigenvalue weighted by Crippen LogP contribution is -2.55. The molecular formula is C17H21N5O3. The van der Waals surface area contributed by atoms with Crippen LogP contribution in [0.1, 0.15) is 31.0 Å². The molecule has 0 bridgehead atoms. The number of ether oxygens (including phenoxy) is 2. The SMILES string of the molecule is COCCNC(=NC#N)N[C@H]1c2cc(C#N)ccc2OC(C)(C)[C@@H]1O. The summed E-state index contributed by atoms with van der Waals surface area (Å²) < 4.78 is 10.8. The summed E-state index contributed by atoms with van der Waals surface area (Å²) in [6.45, 7) is 4.42. The zero-order chi connectivity index (χ0) is 18.4. The lowest BCUT2D eigenvalue weighted by atomic mass is 9.86. The Morgan fingerprint density at radius 1 is 1.44 bits per heavy atom. The molecule has 0 aliphatic carbocycles. The minimum atomic E-state index is -0.929. The van der Waals surface area contributed by atoms with Gasteiger partial charge in [-0.05, 0) is 32.0 Å². The van der Waals surface area contributed by atoms with Gasteiger partial charge in [-0.25, -0.2) is 0 Å². The van der Waals surface area contributed by atoms with E-state index in [4.69, 9.17) is 20.0 Å². The molecule has 132 valence electrons. The van der Waals surface area contributed by atoms with E-state index < -0.39 is 17.7 Å². The molecule has 1 aromatic carbocycles. The predicted octanol–water partition coefficient (Wildman–Crippen LogP) is 0.794. The van der Waals surface area contributed by atoms with Crippen LogP contribution in [0.5, 0.6) is 5.75 Å². The third-order valence-corrected chi connectivity index (χ3v) is 3.93. The van der Waals surface area contributed by atoms with Gasteiger partial charge >= 0.3 is 0 Å². The number of hydrogen-bond donors (Lipinski definition) is 3. The fourth-order valence-corrected chi connectivity index (χ4v) is 2.62. The molecular weight excluding hydrogens is 322 g/mol. The molecule has 1 heterocycles. The largest absolute Gasteiger partial charge is 0.485 e. The number of guanidine groups is 1. The Labute approximate surface area is 146 Å². The van der Waals surface area contributed by atoms with E-state index in [2.05, 4.69) is 21.7 Å². The van der Waals surface area contributed by atoms with Gasteiger partial charge in [-0.3, -0.25) is 0 Å². The van der Waals surface area contributed by atoms with E-state index in [0.29, 0.717) is 30.0 Å². The highest BCUT2D eigenvalue weighted by molar-refractivity contribution is 5.81. The van der Waals surface area contributed by atoms with Crippen molar-refractivity contribution < 1.29 is 14.6 Å². The number of methoxy groups -OCH3 is 1. The summed E-state index contributed by atoms with van der Waals surface area (Å²) in [5.41, 5.74) is 0.223. The average Bonchev–Trinajstić information content (AvgIpc) is 2.58. The summed E-state index contributed by atoms with van der Waals surface area (Å²) >= 11 is 0. The number of aliphatic hydroxyl groups excluding tert-OH is 1. The molecule has 0 unspecified atom stereocenters. The molecule has 8 nitrogen and oxygen atoms in total. The first kappa shape index (κ1) is 18.5. The van der Waals surface area contributed by atoms with Crippen molar-refractivity contribution in [3.63, 3.8) is 0 Å². The maximum Gasteiger partial charge on any atom is 0.209 e. The Balaban J connectivity index is 2.35. The average molecular weight is 343 g/mol. The second-order valence-electron chi connectivity index (χ2n) is 6.12. The number of aliphatic imine (C=N–C) groups is 1. The van der Waals surface area contributed by atoms with Gasteiger partial charge in [0.05, 0.1) is 24.3 Å². The number of benzene rings is 1. The Hall–Kier alpha value is -2.81. The number of nitriles is 2. The molecule has 0 fully saturated rings. The van der Waals surface area contributed by atoms with E-state index in [1.54, 1.807) is 45.3 Å². The molecule has 8 heteroatoms. The molecule has 0 aromatic heterocycles. The van der Waals surface area contributed by atoms with Crippen LogP contribution in [-0.2, 0) is 4.74 Å². The summed E-state index contributed by atoms with van der Waals surface area (Å²) in [7, 11) is 1.57. The van der Waals surface area contributed by atoms with Gasteiger partial charge in [-0.1, -0.05) is 0 Å². The van der Waals surface area contributed by atoms with Crippen LogP contribution in [0.2, 0.25) is 0 Å². The third kappa shape index (κ3) is 4.18. The normalized spacial score (nSPS) is 21.3. The second kappa shape index (κ2) is 7.84. The molecule has 1 aromatic rings. The fraction of sp³-hybridized carbons (Fsp3) is 0.471.